The average Bonchev–Trinajstić information content (AvgIpc) is 2.74. The molecular formula is C11H19NO2. The first-order chi connectivity index (χ1) is 6.69. The largest absolute Gasteiger partial charge is 0.480 e. The standard InChI is InChI=1S/C11H19NO2/c1-2-5-12-11(10(13)14)7-8-3-4-9(11)6-8/h8-9,12H,2-7H2,1H3,(H,13,14). The molecule has 0 radical (unpaired) electrons. The summed E-state index contributed by atoms with van der Waals surface area (Å²) in [7, 11) is 0. The van der Waals surface area contributed by atoms with E-state index < -0.39 is 11.5 Å². The van der Waals surface area contributed by atoms with Crippen LogP contribution < -0.4 is 5.32 Å². The van der Waals surface area contributed by atoms with Gasteiger partial charge in [0.15, 0.2) is 0 Å². The monoisotopic (exact) mass is 197 g/mol. The smallest absolute Gasteiger partial charge is 0.324 e. The van der Waals surface area contributed by atoms with E-state index in [-0.39, 0.29) is 0 Å². The van der Waals surface area contributed by atoms with Gasteiger partial charge in [0.25, 0.3) is 0 Å². The van der Waals surface area contributed by atoms with E-state index in [0.717, 1.165) is 32.2 Å². The lowest BCUT2D eigenvalue weighted by Crippen LogP contribution is -2.56. The van der Waals surface area contributed by atoms with Gasteiger partial charge in [0.05, 0.1) is 0 Å². The van der Waals surface area contributed by atoms with E-state index in [2.05, 4.69) is 12.2 Å². The predicted octanol–water partition coefficient (Wildman–Crippen LogP) is 1.63. The van der Waals surface area contributed by atoms with Crippen molar-refractivity contribution in [1.29, 1.82) is 0 Å². The Morgan fingerprint density at radius 1 is 1.57 bits per heavy atom. The van der Waals surface area contributed by atoms with Crippen molar-refractivity contribution < 1.29 is 9.90 Å². The summed E-state index contributed by atoms with van der Waals surface area (Å²) in [6.45, 7) is 2.91. The van der Waals surface area contributed by atoms with Crippen molar-refractivity contribution in [2.45, 2.75) is 44.6 Å². The maximum Gasteiger partial charge on any atom is 0.324 e. The Morgan fingerprint density at radius 3 is 2.79 bits per heavy atom. The third-order valence-electron chi connectivity index (χ3n) is 3.92. The number of fused-ring (bicyclic) bond motifs is 2. The summed E-state index contributed by atoms with van der Waals surface area (Å²) >= 11 is 0. The van der Waals surface area contributed by atoms with Crippen molar-refractivity contribution in [3.05, 3.63) is 0 Å². The second kappa shape index (κ2) is 3.54. The van der Waals surface area contributed by atoms with Crippen LogP contribution in [0.25, 0.3) is 0 Å². The van der Waals surface area contributed by atoms with Crippen LogP contribution in [-0.2, 0) is 4.79 Å². The molecule has 0 spiro atoms. The van der Waals surface area contributed by atoms with E-state index >= 15 is 0 Å². The van der Waals surface area contributed by atoms with Crippen molar-refractivity contribution in [3.63, 3.8) is 0 Å². The number of carbonyl (C=O) groups is 1. The lowest BCUT2D eigenvalue weighted by Gasteiger charge is -2.34. The molecule has 2 aliphatic rings. The average molecular weight is 197 g/mol. The fourth-order valence-corrected chi connectivity index (χ4v) is 3.23. The van der Waals surface area contributed by atoms with Gasteiger partial charge < -0.3 is 10.4 Å². The van der Waals surface area contributed by atoms with Crippen LogP contribution in [-0.4, -0.2) is 23.2 Å². The van der Waals surface area contributed by atoms with Gasteiger partial charge in [-0.05, 0) is 44.1 Å². The van der Waals surface area contributed by atoms with Gasteiger partial charge in [0.1, 0.15) is 5.54 Å². The Labute approximate surface area is 84.9 Å². The van der Waals surface area contributed by atoms with Gasteiger partial charge in [-0.25, -0.2) is 0 Å². The van der Waals surface area contributed by atoms with Gasteiger partial charge in [-0.2, -0.15) is 0 Å². The predicted molar refractivity (Wildman–Crippen MR) is 54.1 cm³/mol. The van der Waals surface area contributed by atoms with Crippen molar-refractivity contribution in [1.82, 2.24) is 5.32 Å². The first kappa shape index (κ1) is 9.97. The van der Waals surface area contributed by atoms with Crippen molar-refractivity contribution in [3.8, 4) is 0 Å². The normalized spacial score (nSPS) is 40.4. The molecule has 2 saturated carbocycles. The highest BCUT2D eigenvalue weighted by Gasteiger charge is 2.55. The highest BCUT2D eigenvalue weighted by Crippen LogP contribution is 2.50. The van der Waals surface area contributed by atoms with E-state index in [0.29, 0.717) is 11.8 Å². The molecule has 3 atom stereocenters. The van der Waals surface area contributed by atoms with Crippen LogP contribution in [0.5, 0.6) is 0 Å². The molecule has 2 bridgehead atoms. The summed E-state index contributed by atoms with van der Waals surface area (Å²) in [5.74, 6) is 0.426. The van der Waals surface area contributed by atoms with Crippen LogP contribution in [0.2, 0.25) is 0 Å². The van der Waals surface area contributed by atoms with Gasteiger partial charge in [0.2, 0.25) is 0 Å². The lowest BCUT2D eigenvalue weighted by atomic mass is 9.81. The molecule has 2 fully saturated rings. The summed E-state index contributed by atoms with van der Waals surface area (Å²) in [6.07, 6.45) is 5.34. The number of carboxylic acids is 1. The topological polar surface area (TPSA) is 49.3 Å². The van der Waals surface area contributed by atoms with E-state index in [1.54, 1.807) is 0 Å². The molecular weight excluding hydrogens is 178 g/mol. The van der Waals surface area contributed by atoms with Crippen LogP contribution >= 0.6 is 0 Å². The minimum absolute atomic E-state index is 0.386. The van der Waals surface area contributed by atoms with E-state index in [9.17, 15) is 9.90 Å². The number of nitrogens with one attached hydrogen (secondary N) is 1. The lowest BCUT2D eigenvalue weighted by molar-refractivity contribution is -0.147. The molecule has 0 heterocycles. The zero-order chi connectivity index (χ0) is 10.2. The first-order valence-electron chi connectivity index (χ1n) is 5.67. The van der Waals surface area contributed by atoms with E-state index in [4.69, 9.17) is 0 Å². The molecule has 0 aromatic carbocycles. The molecule has 3 unspecified atom stereocenters. The Kier molecular flexibility index (Phi) is 2.52. The molecule has 14 heavy (non-hydrogen) atoms. The van der Waals surface area contributed by atoms with Crippen LogP contribution in [0, 0.1) is 11.8 Å². The summed E-state index contributed by atoms with van der Waals surface area (Å²) in [4.78, 5) is 11.4. The van der Waals surface area contributed by atoms with Crippen LogP contribution in [0.15, 0.2) is 0 Å². The first-order valence-corrected chi connectivity index (χ1v) is 5.67. The summed E-state index contributed by atoms with van der Waals surface area (Å²) in [6, 6.07) is 0. The number of hydrogen-bond acceptors (Lipinski definition) is 2. The third-order valence-corrected chi connectivity index (χ3v) is 3.92. The van der Waals surface area contributed by atoms with Gasteiger partial charge in [-0.15, -0.1) is 0 Å². The Bertz CT molecular complexity index is 241. The molecule has 0 aliphatic heterocycles. The molecule has 80 valence electrons. The van der Waals surface area contributed by atoms with Gasteiger partial charge in [-0.3, -0.25) is 4.79 Å². The molecule has 3 nitrogen and oxygen atoms in total. The van der Waals surface area contributed by atoms with Gasteiger partial charge in [0, 0.05) is 0 Å². The number of rotatable bonds is 4. The zero-order valence-corrected chi connectivity index (χ0v) is 8.75. The zero-order valence-electron chi connectivity index (χ0n) is 8.75. The Morgan fingerprint density at radius 2 is 2.36 bits per heavy atom. The molecule has 0 aromatic rings. The number of carboxylic acid groups (broad SMARTS) is 1. The molecule has 0 amide bonds. The number of hydrogen-bond donors (Lipinski definition) is 2. The maximum atomic E-state index is 11.4. The second-order valence-electron chi connectivity index (χ2n) is 4.78. The maximum absolute atomic E-state index is 11.4. The summed E-state index contributed by atoms with van der Waals surface area (Å²) in [5.41, 5.74) is -0.571. The van der Waals surface area contributed by atoms with Crippen LogP contribution in [0.4, 0.5) is 0 Å². The molecule has 2 rings (SSSR count). The molecule has 0 aromatic heterocycles. The van der Waals surface area contributed by atoms with Crippen LogP contribution in [0.3, 0.4) is 0 Å². The fraction of sp³-hybridized carbons (Fsp3) is 0.909. The third kappa shape index (κ3) is 1.34. The van der Waals surface area contributed by atoms with Gasteiger partial charge >= 0.3 is 5.97 Å². The van der Waals surface area contributed by atoms with E-state index in [1.807, 2.05) is 0 Å². The minimum Gasteiger partial charge on any atom is -0.480 e. The van der Waals surface area contributed by atoms with E-state index in [1.165, 1.54) is 6.42 Å². The fourth-order valence-electron chi connectivity index (χ4n) is 3.23. The second-order valence-corrected chi connectivity index (χ2v) is 4.78. The van der Waals surface area contributed by atoms with Crippen molar-refractivity contribution in [2.75, 3.05) is 6.54 Å². The number of aliphatic carboxylic acids is 1. The SMILES string of the molecule is CCCNC1(C(=O)O)CC2CCC1C2. The molecule has 0 saturated heterocycles. The molecule has 2 N–H and O–H groups in total. The quantitative estimate of drug-likeness (QED) is 0.720. The summed E-state index contributed by atoms with van der Waals surface area (Å²) < 4.78 is 0. The highest BCUT2D eigenvalue weighted by atomic mass is 16.4. The van der Waals surface area contributed by atoms with Gasteiger partial charge in [-0.1, -0.05) is 13.3 Å². The molecule has 2 aliphatic carbocycles. The van der Waals surface area contributed by atoms with Crippen molar-refractivity contribution >= 4 is 5.97 Å². The highest BCUT2D eigenvalue weighted by molar-refractivity contribution is 5.80. The van der Waals surface area contributed by atoms with Crippen LogP contribution in [0.1, 0.15) is 39.0 Å². The Hall–Kier alpha value is -0.570. The minimum atomic E-state index is -0.627. The molecule has 3 heteroatoms. The van der Waals surface area contributed by atoms with Crippen molar-refractivity contribution in [2.24, 2.45) is 11.8 Å². The summed E-state index contributed by atoms with van der Waals surface area (Å²) in [5, 5.41) is 12.6. The Balaban J connectivity index is 2.11.